The van der Waals surface area contributed by atoms with E-state index < -0.39 is 23.3 Å². The standard InChI is InChI=1S/C17H11N3O5/c21-15(11-3-1-4-12(9-11)20(23)24)10-25-17(22)13-5-2-6-14-16(13)19-8-7-18-14/h1-9H,10H2. The first-order valence-electron chi connectivity index (χ1n) is 7.21. The van der Waals surface area contributed by atoms with Gasteiger partial charge in [-0.3, -0.25) is 24.9 Å². The number of carbonyl (C=O) groups is 2. The van der Waals surface area contributed by atoms with Crippen molar-refractivity contribution >= 4 is 28.5 Å². The summed E-state index contributed by atoms with van der Waals surface area (Å²) in [7, 11) is 0. The lowest BCUT2D eigenvalue weighted by molar-refractivity contribution is -0.384. The minimum Gasteiger partial charge on any atom is -0.454 e. The van der Waals surface area contributed by atoms with Gasteiger partial charge >= 0.3 is 5.97 Å². The van der Waals surface area contributed by atoms with E-state index in [2.05, 4.69) is 9.97 Å². The Hall–Kier alpha value is -3.68. The largest absolute Gasteiger partial charge is 0.454 e. The fourth-order valence-electron chi connectivity index (χ4n) is 2.24. The summed E-state index contributed by atoms with van der Waals surface area (Å²) in [6.45, 7) is -0.531. The molecule has 0 saturated carbocycles. The van der Waals surface area contributed by atoms with Crippen LogP contribution in [0.5, 0.6) is 0 Å². The first-order valence-corrected chi connectivity index (χ1v) is 7.21. The fourth-order valence-corrected chi connectivity index (χ4v) is 2.24. The molecule has 0 aliphatic carbocycles. The number of ether oxygens (including phenoxy) is 1. The Morgan fingerprint density at radius 1 is 1.08 bits per heavy atom. The van der Waals surface area contributed by atoms with E-state index in [1.807, 2.05) is 0 Å². The average molecular weight is 337 g/mol. The number of carbonyl (C=O) groups excluding carboxylic acids is 2. The Morgan fingerprint density at radius 2 is 1.84 bits per heavy atom. The third-order valence-electron chi connectivity index (χ3n) is 3.43. The Morgan fingerprint density at radius 3 is 2.64 bits per heavy atom. The fraction of sp³-hybridized carbons (Fsp3) is 0.0588. The SMILES string of the molecule is O=C(COC(=O)c1cccc2nccnc12)c1cccc([N+](=O)[O-])c1. The molecule has 25 heavy (non-hydrogen) atoms. The molecule has 124 valence electrons. The van der Waals surface area contributed by atoms with Crippen LogP contribution in [0.2, 0.25) is 0 Å². The number of rotatable bonds is 5. The second kappa shape index (κ2) is 6.83. The summed E-state index contributed by atoms with van der Waals surface area (Å²) in [4.78, 5) is 42.6. The number of aromatic nitrogens is 2. The Kier molecular flexibility index (Phi) is 4.42. The van der Waals surface area contributed by atoms with Gasteiger partial charge in [-0.15, -0.1) is 0 Å². The number of nitro groups is 1. The summed E-state index contributed by atoms with van der Waals surface area (Å²) in [5.74, 6) is -1.26. The molecule has 0 radical (unpaired) electrons. The topological polar surface area (TPSA) is 112 Å². The van der Waals surface area contributed by atoms with Gasteiger partial charge in [0.05, 0.1) is 16.0 Å². The molecule has 8 heteroatoms. The molecule has 1 aromatic heterocycles. The summed E-state index contributed by atoms with van der Waals surface area (Å²) in [5, 5.41) is 10.7. The molecule has 0 aliphatic heterocycles. The van der Waals surface area contributed by atoms with Gasteiger partial charge in [0.15, 0.2) is 6.61 Å². The maximum Gasteiger partial charge on any atom is 0.340 e. The van der Waals surface area contributed by atoms with Crippen molar-refractivity contribution < 1.29 is 19.2 Å². The quantitative estimate of drug-likeness (QED) is 0.304. The van der Waals surface area contributed by atoms with E-state index in [1.165, 1.54) is 36.7 Å². The summed E-state index contributed by atoms with van der Waals surface area (Å²) >= 11 is 0. The van der Waals surface area contributed by atoms with Crippen molar-refractivity contribution in [3.8, 4) is 0 Å². The van der Waals surface area contributed by atoms with Crippen LogP contribution in [0.1, 0.15) is 20.7 Å². The highest BCUT2D eigenvalue weighted by molar-refractivity contribution is 6.04. The summed E-state index contributed by atoms with van der Waals surface area (Å²) in [6, 6.07) is 10.1. The van der Waals surface area contributed by atoms with Crippen LogP contribution in [0.15, 0.2) is 54.9 Å². The molecule has 0 fully saturated rings. The predicted molar refractivity (Wildman–Crippen MR) is 87.2 cm³/mol. The highest BCUT2D eigenvalue weighted by Gasteiger charge is 2.16. The lowest BCUT2D eigenvalue weighted by Gasteiger charge is -2.06. The van der Waals surface area contributed by atoms with Gasteiger partial charge in [0.25, 0.3) is 5.69 Å². The molecule has 0 saturated heterocycles. The highest BCUT2D eigenvalue weighted by Crippen LogP contribution is 2.16. The molecule has 0 bridgehead atoms. The number of benzene rings is 2. The zero-order valence-corrected chi connectivity index (χ0v) is 12.8. The van der Waals surface area contributed by atoms with Crippen molar-refractivity contribution in [1.29, 1.82) is 0 Å². The molecule has 0 spiro atoms. The minimum atomic E-state index is -0.718. The van der Waals surface area contributed by atoms with Crippen LogP contribution < -0.4 is 0 Å². The maximum absolute atomic E-state index is 12.2. The molecule has 3 aromatic rings. The number of Topliss-reactive ketones (excluding diaryl/α,β-unsaturated/α-hetero) is 1. The molecular formula is C17H11N3O5. The van der Waals surface area contributed by atoms with Gasteiger partial charge in [-0.1, -0.05) is 18.2 Å². The summed E-state index contributed by atoms with van der Waals surface area (Å²) in [6.07, 6.45) is 2.96. The normalized spacial score (nSPS) is 10.4. The number of para-hydroxylation sites is 1. The van der Waals surface area contributed by atoms with Gasteiger partial charge in [0.2, 0.25) is 5.78 Å². The average Bonchev–Trinajstić information content (AvgIpc) is 2.65. The molecule has 8 nitrogen and oxygen atoms in total. The third-order valence-corrected chi connectivity index (χ3v) is 3.43. The van der Waals surface area contributed by atoms with Gasteiger partial charge in [0.1, 0.15) is 5.52 Å². The first-order chi connectivity index (χ1) is 12.1. The second-order valence-corrected chi connectivity index (χ2v) is 5.04. The monoisotopic (exact) mass is 337 g/mol. The Labute approximate surface area is 141 Å². The zero-order valence-electron chi connectivity index (χ0n) is 12.8. The number of hydrogen-bond donors (Lipinski definition) is 0. The predicted octanol–water partition coefficient (Wildman–Crippen LogP) is 2.58. The number of nitrogens with zero attached hydrogens (tertiary/aromatic N) is 3. The number of esters is 1. The van der Waals surface area contributed by atoms with E-state index in [-0.39, 0.29) is 16.8 Å². The van der Waals surface area contributed by atoms with Crippen LogP contribution in [0, 0.1) is 10.1 Å². The lowest BCUT2D eigenvalue weighted by Crippen LogP contribution is -2.15. The van der Waals surface area contributed by atoms with E-state index in [9.17, 15) is 19.7 Å². The molecule has 0 aliphatic rings. The van der Waals surface area contributed by atoms with Crippen molar-refractivity contribution in [3.05, 3.63) is 76.1 Å². The molecule has 0 amide bonds. The van der Waals surface area contributed by atoms with Crippen molar-refractivity contribution in [2.45, 2.75) is 0 Å². The van der Waals surface area contributed by atoms with Crippen LogP contribution in [0.25, 0.3) is 11.0 Å². The number of fused-ring (bicyclic) bond motifs is 1. The highest BCUT2D eigenvalue weighted by atomic mass is 16.6. The van der Waals surface area contributed by atoms with E-state index >= 15 is 0 Å². The lowest BCUT2D eigenvalue weighted by atomic mass is 10.1. The number of ketones is 1. The van der Waals surface area contributed by atoms with Gasteiger partial charge in [-0.2, -0.15) is 0 Å². The van der Waals surface area contributed by atoms with E-state index in [0.717, 1.165) is 6.07 Å². The Balaban J connectivity index is 1.74. The maximum atomic E-state index is 12.2. The first kappa shape index (κ1) is 16.2. The number of non-ortho nitro benzene ring substituents is 1. The van der Waals surface area contributed by atoms with Gasteiger partial charge < -0.3 is 4.74 Å². The van der Waals surface area contributed by atoms with Crippen LogP contribution in [-0.4, -0.2) is 33.3 Å². The summed E-state index contributed by atoms with van der Waals surface area (Å²) < 4.78 is 5.03. The number of nitro benzene ring substituents is 1. The molecule has 0 unspecified atom stereocenters. The van der Waals surface area contributed by atoms with Gasteiger partial charge in [0, 0.05) is 30.1 Å². The molecule has 0 atom stereocenters. The van der Waals surface area contributed by atoms with E-state index in [1.54, 1.807) is 12.1 Å². The van der Waals surface area contributed by atoms with E-state index in [0.29, 0.717) is 11.0 Å². The van der Waals surface area contributed by atoms with Crippen molar-refractivity contribution in [3.63, 3.8) is 0 Å². The van der Waals surface area contributed by atoms with Gasteiger partial charge in [-0.25, -0.2) is 4.79 Å². The van der Waals surface area contributed by atoms with Crippen molar-refractivity contribution in [2.75, 3.05) is 6.61 Å². The third kappa shape index (κ3) is 3.47. The molecular weight excluding hydrogens is 326 g/mol. The van der Waals surface area contributed by atoms with Crippen molar-refractivity contribution in [2.24, 2.45) is 0 Å². The van der Waals surface area contributed by atoms with Crippen LogP contribution >= 0.6 is 0 Å². The van der Waals surface area contributed by atoms with Gasteiger partial charge in [-0.05, 0) is 12.1 Å². The molecule has 0 N–H and O–H groups in total. The summed E-state index contributed by atoms with van der Waals surface area (Å²) in [5.41, 5.74) is 0.985. The zero-order chi connectivity index (χ0) is 17.8. The van der Waals surface area contributed by atoms with Crippen LogP contribution in [0.3, 0.4) is 0 Å². The molecule has 1 heterocycles. The van der Waals surface area contributed by atoms with E-state index in [4.69, 9.17) is 4.74 Å². The second-order valence-electron chi connectivity index (χ2n) is 5.04. The molecule has 2 aromatic carbocycles. The smallest absolute Gasteiger partial charge is 0.340 e. The van der Waals surface area contributed by atoms with Crippen LogP contribution in [0.4, 0.5) is 5.69 Å². The minimum absolute atomic E-state index is 0.0970. The number of hydrogen-bond acceptors (Lipinski definition) is 7. The molecule has 3 rings (SSSR count). The van der Waals surface area contributed by atoms with Crippen molar-refractivity contribution in [1.82, 2.24) is 9.97 Å². The van der Waals surface area contributed by atoms with Crippen LogP contribution in [-0.2, 0) is 4.74 Å². The Bertz CT molecular complexity index is 981.